The Morgan fingerprint density at radius 2 is 1.69 bits per heavy atom. The Morgan fingerprint density at radius 3 is 2.00 bits per heavy atom. The van der Waals surface area contributed by atoms with Gasteiger partial charge in [-0.2, -0.15) is 0 Å². The molecule has 0 aromatic rings. The summed E-state index contributed by atoms with van der Waals surface area (Å²) in [5.41, 5.74) is 0. The highest BCUT2D eigenvalue weighted by Crippen LogP contribution is 1.93. The molecule has 0 unspecified atom stereocenters. The van der Waals surface area contributed by atoms with Gasteiger partial charge in [-0.25, -0.2) is 9.59 Å². The van der Waals surface area contributed by atoms with E-state index in [1.807, 2.05) is 6.08 Å². The molecule has 5 heteroatoms. The molecule has 0 aromatic heterocycles. The number of allylic oxidation sites excluding steroid dienone is 1. The zero-order valence-electron chi connectivity index (χ0n) is 9.55. The maximum Gasteiger partial charge on any atom is 0.328 e. The van der Waals surface area contributed by atoms with Crippen LogP contribution in [0.3, 0.4) is 0 Å². The number of carbonyl (C=O) groups is 2. The van der Waals surface area contributed by atoms with Crippen molar-refractivity contribution in [3.8, 4) is 0 Å². The average Bonchev–Trinajstić information content (AvgIpc) is 2.23. The Kier molecular flexibility index (Phi) is 13.8. The van der Waals surface area contributed by atoms with Gasteiger partial charge in [-0.1, -0.05) is 13.3 Å². The van der Waals surface area contributed by atoms with Gasteiger partial charge in [0, 0.05) is 12.2 Å². The molecule has 0 aromatic carbocycles. The van der Waals surface area contributed by atoms with E-state index < -0.39 is 11.9 Å². The van der Waals surface area contributed by atoms with Crippen molar-refractivity contribution >= 4 is 11.9 Å². The topological polar surface area (TPSA) is 83.8 Å². The molecule has 0 atom stereocenters. The van der Waals surface area contributed by atoms with E-state index >= 15 is 0 Å². The molecule has 0 bridgehead atoms. The van der Waals surface area contributed by atoms with E-state index in [0.717, 1.165) is 6.42 Å². The Labute approximate surface area is 95.0 Å². The zero-order valence-corrected chi connectivity index (χ0v) is 9.55. The van der Waals surface area contributed by atoms with Gasteiger partial charge in [0.15, 0.2) is 0 Å². The van der Waals surface area contributed by atoms with E-state index in [1.54, 1.807) is 13.4 Å². The van der Waals surface area contributed by atoms with Crippen molar-refractivity contribution < 1.29 is 24.5 Å². The van der Waals surface area contributed by atoms with Crippen molar-refractivity contribution in [3.63, 3.8) is 0 Å². The number of methoxy groups -OCH3 is 1. The minimum absolute atomic E-state index is 0.558. The molecule has 16 heavy (non-hydrogen) atoms. The molecule has 0 saturated carbocycles. The molecule has 0 spiro atoms. The van der Waals surface area contributed by atoms with E-state index in [4.69, 9.17) is 14.9 Å². The third-order valence-electron chi connectivity index (χ3n) is 1.33. The van der Waals surface area contributed by atoms with Gasteiger partial charge >= 0.3 is 11.9 Å². The second-order valence-corrected chi connectivity index (χ2v) is 2.76. The normalized spacial score (nSPS) is 9.88. The third kappa shape index (κ3) is 22.8. The highest BCUT2D eigenvalue weighted by molar-refractivity contribution is 5.89. The molecule has 0 heterocycles. The number of rotatable bonds is 6. The van der Waals surface area contributed by atoms with Crippen LogP contribution in [0.5, 0.6) is 0 Å². The van der Waals surface area contributed by atoms with Gasteiger partial charge in [-0.15, -0.1) is 0 Å². The summed E-state index contributed by atoms with van der Waals surface area (Å²) in [6.07, 6.45) is 8.56. The predicted molar refractivity (Wildman–Crippen MR) is 60.1 cm³/mol. The van der Waals surface area contributed by atoms with E-state index in [-0.39, 0.29) is 0 Å². The van der Waals surface area contributed by atoms with Crippen molar-refractivity contribution in [1.29, 1.82) is 0 Å². The van der Waals surface area contributed by atoms with Crippen LogP contribution in [0.2, 0.25) is 0 Å². The maximum absolute atomic E-state index is 9.55. The molecule has 0 aliphatic carbocycles. The van der Waals surface area contributed by atoms with Gasteiger partial charge < -0.3 is 14.9 Å². The largest absolute Gasteiger partial charge is 0.505 e. The summed E-state index contributed by atoms with van der Waals surface area (Å²) in [7, 11) is 1.67. The molecule has 0 fully saturated rings. The number of ether oxygens (including phenoxy) is 1. The summed E-state index contributed by atoms with van der Waals surface area (Å²) in [4.78, 5) is 19.1. The fourth-order valence-electron chi connectivity index (χ4n) is 0.629. The van der Waals surface area contributed by atoms with Gasteiger partial charge in [0.2, 0.25) is 0 Å². The summed E-state index contributed by atoms with van der Waals surface area (Å²) in [5.74, 6) is -2.51. The lowest BCUT2D eigenvalue weighted by atomic mass is 10.2. The fourth-order valence-corrected chi connectivity index (χ4v) is 0.629. The van der Waals surface area contributed by atoms with Gasteiger partial charge in [-0.05, 0) is 18.9 Å². The second kappa shape index (κ2) is 13.2. The summed E-state index contributed by atoms with van der Waals surface area (Å²) < 4.78 is 4.71. The number of carboxylic acid groups (broad SMARTS) is 2. The zero-order chi connectivity index (χ0) is 12.8. The van der Waals surface area contributed by atoms with Crippen molar-refractivity contribution in [1.82, 2.24) is 0 Å². The minimum Gasteiger partial charge on any atom is -0.505 e. The highest BCUT2D eigenvalue weighted by Gasteiger charge is 1.88. The van der Waals surface area contributed by atoms with Crippen LogP contribution in [0, 0.1) is 0 Å². The SMILES string of the molecule is CCCC/C=C/OC.O=C(O)/C=C\C(=O)O. The van der Waals surface area contributed by atoms with Crippen LogP contribution < -0.4 is 0 Å². The molecule has 5 nitrogen and oxygen atoms in total. The number of hydrogen-bond acceptors (Lipinski definition) is 3. The van der Waals surface area contributed by atoms with E-state index in [2.05, 4.69) is 6.92 Å². The molecule has 0 saturated heterocycles. The van der Waals surface area contributed by atoms with Crippen molar-refractivity contribution in [2.24, 2.45) is 0 Å². The van der Waals surface area contributed by atoms with E-state index in [9.17, 15) is 9.59 Å². The number of unbranched alkanes of at least 4 members (excludes halogenated alkanes) is 2. The van der Waals surface area contributed by atoms with Gasteiger partial charge in [0.1, 0.15) is 0 Å². The molecule has 92 valence electrons. The van der Waals surface area contributed by atoms with Crippen LogP contribution >= 0.6 is 0 Å². The first-order valence-electron chi connectivity index (χ1n) is 4.86. The molecule has 0 rings (SSSR count). The number of hydrogen-bond donors (Lipinski definition) is 2. The van der Waals surface area contributed by atoms with Crippen LogP contribution in [0.1, 0.15) is 26.2 Å². The Morgan fingerprint density at radius 1 is 1.19 bits per heavy atom. The van der Waals surface area contributed by atoms with Crippen molar-refractivity contribution in [2.75, 3.05) is 7.11 Å². The van der Waals surface area contributed by atoms with Gasteiger partial charge in [0.25, 0.3) is 0 Å². The van der Waals surface area contributed by atoms with Crippen LogP contribution in [-0.2, 0) is 14.3 Å². The van der Waals surface area contributed by atoms with Crippen molar-refractivity contribution in [3.05, 3.63) is 24.5 Å². The maximum atomic E-state index is 9.55. The first-order chi connectivity index (χ1) is 7.54. The smallest absolute Gasteiger partial charge is 0.328 e. The third-order valence-corrected chi connectivity index (χ3v) is 1.33. The summed E-state index contributed by atoms with van der Waals surface area (Å²) >= 11 is 0. The molecule has 0 aliphatic rings. The number of aliphatic carboxylic acids is 2. The lowest BCUT2D eigenvalue weighted by Gasteiger charge is -1.87. The standard InChI is InChI=1S/C7H14O.C4H4O4/c1-3-4-5-6-7-8-2;5-3(6)1-2-4(7)8/h6-7H,3-5H2,1-2H3;1-2H,(H,5,6)(H,7,8)/b7-6+;2-1-. The summed E-state index contributed by atoms with van der Waals surface area (Å²) in [6.45, 7) is 2.18. The molecule has 0 radical (unpaired) electrons. The lowest BCUT2D eigenvalue weighted by Crippen LogP contribution is -1.91. The molecule has 0 amide bonds. The van der Waals surface area contributed by atoms with Crippen LogP contribution in [0.4, 0.5) is 0 Å². The fraction of sp³-hybridized carbons (Fsp3) is 0.455. The first kappa shape index (κ1) is 16.6. The molecular weight excluding hydrogens is 212 g/mol. The molecule has 2 N–H and O–H groups in total. The second-order valence-electron chi connectivity index (χ2n) is 2.76. The van der Waals surface area contributed by atoms with Gasteiger partial charge in [-0.3, -0.25) is 0 Å². The first-order valence-corrected chi connectivity index (χ1v) is 4.86. The molecule has 0 aliphatic heterocycles. The van der Waals surface area contributed by atoms with E-state index in [0.29, 0.717) is 12.2 Å². The Hall–Kier alpha value is -1.78. The lowest BCUT2D eigenvalue weighted by molar-refractivity contribution is -0.134. The Bertz CT molecular complexity index is 227. The average molecular weight is 230 g/mol. The minimum atomic E-state index is -1.26. The van der Waals surface area contributed by atoms with Crippen molar-refractivity contribution in [2.45, 2.75) is 26.2 Å². The molecular formula is C11H18O5. The van der Waals surface area contributed by atoms with Crippen LogP contribution in [0.25, 0.3) is 0 Å². The Balaban J connectivity index is 0. The quantitative estimate of drug-likeness (QED) is 0.414. The summed E-state index contributed by atoms with van der Waals surface area (Å²) in [5, 5.41) is 15.6. The van der Waals surface area contributed by atoms with Crippen LogP contribution in [-0.4, -0.2) is 29.3 Å². The van der Waals surface area contributed by atoms with Crippen LogP contribution in [0.15, 0.2) is 24.5 Å². The highest BCUT2D eigenvalue weighted by atomic mass is 16.5. The van der Waals surface area contributed by atoms with Gasteiger partial charge in [0.05, 0.1) is 13.4 Å². The monoisotopic (exact) mass is 230 g/mol. The summed E-state index contributed by atoms with van der Waals surface area (Å²) in [6, 6.07) is 0. The predicted octanol–water partition coefficient (Wildman–Crippen LogP) is 2.05. The number of carboxylic acids is 2. The van der Waals surface area contributed by atoms with E-state index in [1.165, 1.54) is 12.8 Å².